The molecule has 0 aliphatic carbocycles. The maximum Gasteiger partial charge on any atom is 0.417 e. The minimum atomic E-state index is -4.66. The number of hydrogen-bond acceptors (Lipinski definition) is 2. The molecule has 0 atom stereocenters. The van der Waals surface area contributed by atoms with Gasteiger partial charge in [0.25, 0.3) is 0 Å². The number of Topliss-reactive ketones (excluding diaryl/α,β-unsaturated/α-hetero) is 1. The van der Waals surface area contributed by atoms with Crippen LogP contribution in [0.3, 0.4) is 0 Å². The Morgan fingerprint density at radius 1 is 1.41 bits per heavy atom. The molecule has 0 N–H and O–H groups in total. The average molecular weight is 421 g/mol. The van der Waals surface area contributed by atoms with Gasteiger partial charge in [-0.3, -0.25) is 9.59 Å². The third-order valence-electron chi connectivity index (χ3n) is 1.95. The van der Waals surface area contributed by atoms with Gasteiger partial charge in [0.1, 0.15) is 6.29 Å². The van der Waals surface area contributed by atoms with E-state index < -0.39 is 23.1 Å². The topological polar surface area (TPSA) is 34.1 Å². The molecule has 7 heteroatoms. The highest BCUT2D eigenvalue weighted by Gasteiger charge is 2.36. The average Bonchev–Trinajstić information content (AvgIpc) is 2.25. The summed E-state index contributed by atoms with van der Waals surface area (Å²) in [5.74, 6) is -0.667. The Balaban J connectivity index is 3.57. The molecule has 0 aromatic heterocycles. The van der Waals surface area contributed by atoms with E-state index in [1.807, 2.05) is 0 Å². The third kappa shape index (κ3) is 3.27. The number of hydrogen-bond donors (Lipinski definition) is 0. The predicted octanol–water partition coefficient (Wildman–Crippen LogP) is 3.70. The van der Waals surface area contributed by atoms with Gasteiger partial charge in [-0.15, -0.1) is 0 Å². The normalized spacial score (nSPS) is 11.4. The van der Waals surface area contributed by atoms with Crippen LogP contribution < -0.4 is 0 Å². The number of aldehydes is 1. The second kappa shape index (κ2) is 5.47. The lowest BCUT2D eigenvalue weighted by Gasteiger charge is -2.13. The summed E-state index contributed by atoms with van der Waals surface area (Å²) in [5, 5.41) is -0.202. The minimum absolute atomic E-state index is 0.104. The zero-order valence-electron chi connectivity index (χ0n) is 8.15. The van der Waals surface area contributed by atoms with Gasteiger partial charge in [0.2, 0.25) is 0 Å². The van der Waals surface area contributed by atoms with E-state index >= 15 is 0 Å². The van der Waals surface area contributed by atoms with Crippen molar-refractivity contribution in [2.75, 3.05) is 5.33 Å². The molecule has 0 bridgehead atoms. The molecule has 1 aromatic carbocycles. The van der Waals surface area contributed by atoms with Crippen molar-refractivity contribution in [2.24, 2.45) is 0 Å². The van der Waals surface area contributed by atoms with Gasteiger partial charge in [-0.1, -0.05) is 15.9 Å². The van der Waals surface area contributed by atoms with Crippen LogP contribution in [-0.2, 0) is 6.18 Å². The van der Waals surface area contributed by atoms with E-state index in [9.17, 15) is 22.8 Å². The molecule has 0 spiro atoms. The van der Waals surface area contributed by atoms with Gasteiger partial charge in [-0.05, 0) is 34.7 Å². The number of ketones is 1. The maximum atomic E-state index is 12.8. The summed E-state index contributed by atoms with van der Waals surface area (Å²) in [6.45, 7) is 0. The Morgan fingerprint density at radius 3 is 2.41 bits per heavy atom. The number of rotatable bonds is 3. The second-order valence-electron chi connectivity index (χ2n) is 3.10. The van der Waals surface area contributed by atoms with Crippen molar-refractivity contribution >= 4 is 50.6 Å². The van der Waals surface area contributed by atoms with Crippen molar-refractivity contribution in [3.8, 4) is 0 Å². The highest BCUT2D eigenvalue weighted by Crippen LogP contribution is 2.35. The van der Waals surface area contributed by atoms with Crippen molar-refractivity contribution in [1.82, 2.24) is 0 Å². The van der Waals surface area contributed by atoms with E-state index in [2.05, 4.69) is 15.9 Å². The fourth-order valence-electron chi connectivity index (χ4n) is 1.27. The molecule has 0 heterocycles. The van der Waals surface area contributed by atoms with Crippen molar-refractivity contribution in [1.29, 1.82) is 0 Å². The molecular formula is C10H5BrF3IO2. The molecule has 92 valence electrons. The van der Waals surface area contributed by atoms with Gasteiger partial charge in [-0.2, -0.15) is 13.2 Å². The summed E-state index contributed by atoms with van der Waals surface area (Å²) < 4.78 is 38.4. The van der Waals surface area contributed by atoms with Gasteiger partial charge in [-0.25, -0.2) is 0 Å². The van der Waals surface area contributed by atoms with E-state index in [1.165, 1.54) is 6.07 Å². The van der Waals surface area contributed by atoms with E-state index in [0.29, 0.717) is 12.4 Å². The van der Waals surface area contributed by atoms with Crippen LogP contribution >= 0.6 is 38.5 Å². The molecule has 0 unspecified atom stereocenters. The molecule has 2 nitrogen and oxygen atoms in total. The lowest BCUT2D eigenvalue weighted by atomic mass is 10.0. The molecule has 0 saturated carbocycles. The zero-order chi connectivity index (χ0) is 13.2. The summed E-state index contributed by atoms with van der Waals surface area (Å²) >= 11 is 4.45. The third-order valence-corrected chi connectivity index (χ3v) is 3.31. The number of benzene rings is 1. The van der Waals surface area contributed by atoms with Crippen LogP contribution in [-0.4, -0.2) is 17.4 Å². The van der Waals surface area contributed by atoms with Crippen molar-refractivity contribution < 1.29 is 22.8 Å². The number of carbonyl (C=O) groups is 2. The second-order valence-corrected chi connectivity index (χ2v) is 4.82. The highest BCUT2D eigenvalue weighted by molar-refractivity contribution is 14.1. The molecule has 0 amide bonds. The monoisotopic (exact) mass is 420 g/mol. The lowest BCUT2D eigenvalue weighted by molar-refractivity contribution is -0.138. The quantitative estimate of drug-likeness (QED) is 0.323. The van der Waals surface area contributed by atoms with Gasteiger partial charge < -0.3 is 0 Å². The number of carbonyl (C=O) groups excluding carboxylic acids is 2. The van der Waals surface area contributed by atoms with Crippen LogP contribution in [0, 0.1) is 3.57 Å². The Bertz CT molecular complexity index is 471. The van der Waals surface area contributed by atoms with Gasteiger partial charge in [0.15, 0.2) is 5.78 Å². The molecule has 0 saturated heterocycles. The number of alkyl halides is 4. The summed E-state index contributed by atoms with van der Waals surface area (Å²) in [7, 11) is 0. The van der Waals surface area contributed by atoms with Crippen molar-refractivity contribution in [3.63, 3.8) is 0 Å². The Morgan fingerprint density at radius 2 is 2.00 bits per heavy atom. The van der Waals surface area contributed by atoms with Crippen molar-refractivity contribution in [2.45, 2.75) is 6.18 Å². The first-order valence-corrected chi connectivity index (χ1v) is 6.46. The fraction of sp³-hybridized carbons (Fsp3) is 0.200. The predicted molar refractivity (Wildman–Crippen MR) is 67.7 cm³/mol. The Kier molecular flexibility index (Phi) is 4.70. The first-order valence-electron chi connectivity index (χ1n) is 4.26. The van der Waals surface area contributed by atoms with Gasteiger partial charge in [0.05, 0.1) is 10.9 Å². The molecule has 17 heavy (non-hydrogen) atoms. The SMILES string of the molecule is O=Cc1cc(I)c(C(=O)CBr)c(C(F)(F)F)c1. The smallest absolute Gasteiger partial charge is 0.298 e. The largest absolute Gasteiger partial charge is 0.417 e. The van der Waals surface area contributed by atoms with Crippen LogP contribution in [0.4, 0.5) is 13.2 Å². The van der Waals surface area contributed by atoms with E-state index in [-0.39, 0.29) is 14.5 Å². The van der Waals surface area contributed by atoms with E-state index in [0.717, 1.165) is 0 Å². The first-order chi connectivity index (χ1) is 7.81. The molecule has 1 aromatic rings. The Labute approximate surface area is 117 Å². The van der Waals surface area contributed by atoms with Crippen LogP contribution in [0.25, 0.3) is 0 Å². The molecular weight excluding hydrogens is 416 g/mol. The highest BCUT2D eigenvalue weighted by atomic mass is 127. The van der Waals surface area contributed by atoms with E-state index in [4.69, 9.17) is 0 Å². The summed E-state index contributed by atoms with van der Waals surface area (Å²) in [4.78, 5) is 22.0. The molecule has 0 aliphatic heterocycles. The van der Waals surface area contributed by atoms with Crippen LogP contribution in [0.2, 0.25) is 0 Å². The molecule has 0 radical (unpaired) electrons. The lowest BCUT2D eigenvalue weighted by Crippen LogP contribution is -2.16. The minimum Gasteiger partial charge on any atom is -0.298 e. The maximum absolute atomic E-state index is 12.8. The van der Waals surface area contributed by atoms with Crippen LogP contribution in [0.5, 0.6) is 0 Å². The van der Waals surface area contributed by atoms with Crippen LogP contribution in [0.1, 0.15) is 26.3 Å². The van der Waals surface area contributed by atoms with Crippen LogP contribution in [0.15, 0.2) is 12.1 Å². The summed E-state index contributed by atoms with van der Waals surface area (Å²) in [6, 6.07) is 1.93. The Hall–Kier alpha value is -0.440. The molecule has 0 aliphatic rings. The zero-order valence-corrected chi connectivity index (χ0v) is 11.9. The summed E-state index contributed by atoms with van der Waals surface area (Å²) in [6.07, 6.45) is -4.34. The van der Waals surface area contributed by atoms with E-state index in [1.54, 1.807) is 22.6 Å². The van der Waals surface area contributed by atoms with Gasteiger partial charge in [0, 0.05) is 14.7 Å². The first kappa shape index (κ1) is 14.6. The molecule has 1 rings (SSSR count). The molecule has 0 fully saturated rings. The van der Waals surface area contributed by atoms with Crippen molar-refractivity contribution in [3.05, 3.63) is 32.4 Å². The number of halogens is 5. The standard InChI is InChI=1S/C10H5BrF3IO2/c11-3-8(17)9-6(10(12,13)14)1-5(4-16)2-7(9)15/h1-2,4H,3H2. The fourth-order valence-corrected chi connectivity index (χ4v) is 2.50. The van der Waals surface area contributed by atoms with Gasteiger partial charge >= 0.3 is 6.18 Å². The summed E-state index contributed by atoms with van der Waals surface area (Å²) in [5.41, 5.74) is -1.58.